The van der Waals surface area contributed by atoms with Gasteiger partial charge in [-0.2, -0.15) is 5.10 Å². The number of nitrogens with zero attached hydrogens (tertiary/aromatic N) is 4. The molecule has 2 aromatic rings. The van der Waals surface area contributed by atoms with Gasteiger partial charge in [0.2, 0.25) is 11.8 Å². The predicted molar refractivity (Wildman–Crippen MR) is 143 cm³/mol. The molecule has 3 fully saturated rings. The Morgan fingerprint density at radius 2 is 1.87 bits per heavy atom. The van der Waals surface area contributed by atoms with Crippen LogP contribution in [0.4, 0.5) is 5.82 Å². The van der Waals surface area contributed by atoms with E-state index in [4.69, 9.17) is 9.84 Å². The maximum atomic E-state index is 13.9. The zero-order chi connectivity index (χ0) is 27.1. The number of carbonyl (C=O) groups excluding carboxylic acids is 4. The molecule has 0 bridgehead atoms. The number of ether oxygens (including phenoxy) is 1. The summed E-state index contributed by atoms with van der Waals surface area (Å²) in [7, 11) is 0. The maximum Gasteiger partial charge on any atom is 0.251 e. The second-order valence-corrected chi connectivity index (χ2v) is 11.1. The molecule has 6 rings (SSSR count). The molecule has 3 atom stereocenters. The molecule has 0 radical (unpaired) electrons. The third-order valence-corrected chi connectivity index (χ3v) is 8.66. The quantitative estimate of drug-likeness (QED) is 0.522. The normalized spacial score (nSPS) is 25.6. The number of anilines is 1. The van der Waals surface area contributed by atoms with Gasteiger partial charge in [0.25, 0.3) is 5.91 Å². The minimum absolute atomic E-state index is 0.0475. The lowest BCUT2D eigenvalue weighted by molar-refractivity contribution is -0.134. The van der Waals surface area contributed by atoms with E-state index in [0.29, 0.717) is 44.2 Å². The summed E-state index contributed by atoms with van der Waals surface area (Å²) in [5.74, 6) is 0.0102. The molecule has 10 heteroatoms. The van der Waals surface area contributed by atoms with E-state index < -0.39 is 6.04 Å². The first-order valence-corrected chi connectivity index (χ1v) is 14.1. The van der Waals surface area contributed by atoms with Gasteiger partial charge in [-0.05, 0) is 44.1 Å². The molecule has 2 saturated heterocycles. The molecule has 4 aliphatic rings. The topological polar surface area (TPSA) is 114 Å². The van der Waals surface area contributed by atoms with Crippen molar-refractivity contribution >= 4 is 29.8 Å². The number of rotatable bonds is 8. The van der Waals surface area contributed by atoms with Crippen molar-refractivity contribution in [3.63, 3.8) is 0 Å². The number of carbonyl (C=O) groups is 4. The summed E-state index contributed by atoms with van der Waals surface area (Å²) in [5.41, 5.74) is 2.20. The first kappa shape index (κ1) is 25.7. The number of likely N-dealkylation sites (tertiary alicyclic amines) is 1. The highest BCUT2D eigenvalue weighted by molar-refractivity contribution is 6.04. The molecular formula is C29H35N5O5. The highest BCUT2D eigenvalue weighted by Gasteiger charge is 2.51. The van der Waals surface area contributed by atoms with Crippen LogP contribution in [0.5, 0.6) is 0 Å². The number of aldehydes is 1. The first-order chi connectivity index (χ1) is 19.0. The van der Waals surface area contributed by atoms with Crippen molar-refractivity contribution in [2.45, 2.75) is 62.9 Å². The molecule has 1 saturated carbocycles. The van der Waals surface area contributed by atoms with Gasteiger partial charge in [-0.3, -0.25) is 24.1 Å². The summed E-state index contributed by atoms with van der Waals surface area (Å²) >= 11 is 0. The second kappa shape index (κ2) is 10.6. The summed E-state index contributed by atoms with van der Waals surface area (Å²) in [6.07, 6.45) is 4.53. The molecule has 1 aromatic heterocycles. The van der Waals surface area contributed by atoms with E-state index in [9.17, 15) is 19.2 Å². The third kappa shape index (κ3) is 4.75. The van der Waals surface area contributed by atoms with E-state index in [1.165, 1.54) is 0 Å². The van der Waals surface area contributed by atoms with Crippen LogP contribution in [0.2, 0.25) is 0 Å². The second-order valence-electron chi connectivity index (χ2n) is 11.1. The van der Waals surface area contributed by atoms with Crippen LogP contribution in [0.15, 0.2) is 30.3 Å². The van der Waals surface area contributed by atoms with Crippen molar-refractivity contribution < 1.29 is 23.9 Å². The Kier molecular flexibility index (Phi) is 6.97. The molecule has 1 aromatic carbocycles. The zero-order valence-corrected chi connectivity index (χ0v) is 22.3. The van der Waals surface area contributed by atoms with Crippen LogP contribution in [-0.4, -0.2) is 77.6 Å². The third-order valence-electron chi connectivity index (χ3n) is 8.66. The summed E-state index contributed by atoms with van der Waals surface area (Å²) in [6, 6.07) is 9.10. The number of likely N-dealkylation sites (N-methyl/N-ethyl adjacent to an activating group) is 1. The van der Waals surface area contributed by atoms with Crippen LogP contribution >= 0.6 is 0 Å². The van der Waals surface area contributed by atoms with Gasteiger partial charge >= 0.3 is 0 Å². The van der Waals surface area contributed by atoms with Crippen molar-refractivity contribution in [1.82, 2.24) is 20.0 Å². The molecule has 10 nitrogen and oxygen atoms in total. The molecular weight excluding hydrogens is 498 g/mol. The van der Waals surface area contributed by atoms with E-state index in [2.05, 4.69) is 5.32 Å². The fraction of sp³-hybridized carbons (Fsp3) is 0.552. The van der Waals surface area contributed by atoms with Gasteiger partial charge in [-0.1, -0.05) is 30.3 Å². The van der Waals surface area contributed by atoms with Crippen LogP contribution in [0.3, 0.4) is 0 Å². The Morgan fingerprint density at radius 3 is 2.54 bits per heavy atom. The summed E-state index contributed by atoms with van der Waals surface area (Å²) in [5, 5.41) is 7.69. The Labute approximate surface area is 227 Å². The van der Waals surface area contributed by atoms with Crippen molar-refractivity contribution in [3.8, 4) is 0 Å². The van der Waals surface area contributed by atoms with Crippen molar-refractivity contribution in [2.24, 2.45) is 5.92 Å². The Balaban J connectivity index is 1.25. The number of hydrogen-bond acceptors (Lipinski definition) is 6. The lowest BCUT2D eigenvalue weighted by Crippen LogP contribution is -2.57. The minimum atomic E-state index is -0.800. The number of benzene rings is 1. The molecule has 1 N–H and O–H groups in total. The largest absolute Gasteiger partial charge is 0.381 e. The highest BCUT2D eigenvalue weighted by atomic mass is 16.5. The number of amides is 3. The maximum absolute atomic E-state index is 13.9. The van der Waals surface area contributed by atoms with Crippen LogP contribution in [-0.2, 0) is 19.1 Å². The number of aromatic nitrogens is 2. The van der Waals surface area contributed by atoms with Crippen LogP contribution in [0.1, 0.15) is 78.5 Å². The molecule has 39 heavy (non-hydrogen) atoms. The zero-order valence-electron chi connectivity index (χ0n) is 22.3. The van der Waals surface area contributed by atoms with Gasteiger partial charge < -0.3 is 15.0 Å². The van der Waals surface area contributed by atoms with E-state index >= 15 is 0 Å². The predicted octanol–water partition coefficient (Wildman–Crippen LogP) is 2.41. The monoisotopic (exact) mass is 533 g/mol. The molecule has 206 valence electrons. The van der Waals surface area contributed by atoms with Gasteiger partial charge in [-0.15, -0.1) is 0 Å². The van der Waals surface area contributed by atoms with Crippen molar-refractivity contribution in [2.75, 3.05) is 37.7 Å². The van der Waals surface area contributed by atoms with Gasteiger partial charge in [-0.25, -0.2) is 4.68 Å². The number of nitrogens with one attached hydrogen (secondary N) is 1. The smallest absolute Gasteiger partial charge is 0.251 e. The molecule has 1 aliphatic carbocycles. The number of hydrogen-bond donors (Lipinski definition) is 1. The average Bonchev–Trinajstić information content (AvgIpc) is 3.64. The van der Waals surface area contributed by atoms with Crippen LogP contribution in [0.25, 0.3) is 0 Å². The van der Waals surface area contributed by atoms with E-state index in [-0.39, 0.29) is 48.1 Å². The Hall–Kier alpha value is -3.53. The van der Waals surface area contributed by atoms with Gasteiger partial charge in [0, 0.05) is 50.1 Å². The number of fused-ring (bicyclic) bond motifs is 1. The SMILES string of the molecule is CCN1C(=O)C(NC(=O)CN2CC(c3ccccc3)CC2=O)C(C2CC2)c2c(C=O)nn(C3CCOCC3)c21. The Bertz CT molecular complexity index is 1270. The van der Waals surface area contributed by atoms with Gasteiger partial charge in [0.1, 0.15) is 17.6 Å². The van der Waals surface area contributed by atoms with Crippen LogP contribution in [0, 0.1) is 5.92 Å². The molecule has 3 amide bonds. The van der Waals surface area contributed by atoms with Crippen molar-refractivity contribution in [1.29, 1.82) is 0 Å². The van der Waals surface area contributed by atoms with Gasteiger partial charge in [0.05, 0.1) is 12.6 Å². The van der Waals surface area contributed by atoms with Crippen LogP contribution < -0.4 is 10.2 Å². The van der Waals surface area contributed by atoms with E-state index in [0.717, 1.165) is 43.1 Å². The summed E-state index contributed by atoms with van der Waals surface area (Å²) in [4.78, 5) is 55.5. The summed E-state index contributed by atoms with van der Waals surface area (Å²) < 4.78 is 7.39. The summed E-state index contributed by atoms with van der Waals surface area (Å²) in [6.45, 7) is 3.89. The molecule has 3 aliphatic heterocycles. The lowest BCUT2D eigenvalue weighted by Gasteiger charge is -2.39. The fourth-order valence-corrected chi connectivity index (χ4v) is 6.59. The molecule has 0 spiro atoms. The van der Waals surface area contributed by atoms with Crippen molar-refractivity contribution in [3.05, 3.63) is 47.2 Å². The highest BCUT2D eigenvalue weighted by Crippen LogP contribution is 2.51. The van der Waals surface area contributed by atoms with E-state index in [1.807, 2.05) is 41.9 Å². The first-order valence-electron chi connectivity index (χ1n) is 14.1. The minimum Gasteiger partial charge on any atom is -0.381 e. The fourth-order valence-electron chi connectivity index (χ4n) is 6.59. The standard InChI is InChI=1S/C29H35N5O5/c1-2-33-28-26(22(17-35)31-34(28)21-10-12-39-13-11-21)25(19-8-9-19)27(29(33)38)30-23(36)16-32-15-20(14-24(32)37)18-6-4-3-5-7-18/h3-7,17,19-21,25,27H,2,8-16H2,1H3,(H,30,36). The lowest BCUT2D eigenvalue weighted by atomic mass is 9.82. The molecule has 3 unspecified atom stereocenters. The Morgan fingerprint density at radius 1 is 1.13 bits per heavy atom. The van der Waals surface area contributed by atoms with E-state index in [1.54, 1.807) is 9.80 Å². The molecule has 4 heterocycles. The van der Waals surface area contributed by atoms with Gasteiger partial charge in [0.15, 0.2) is 6.29 Å². The average molecular weight is 534 g/mol.